The molecule has 2 saturated carbocycles. The highest BCUT2D eigenvalue weighted by molar-refractivity contribution is 7.91. The van der Waals surface area contributed by atoms with Crippen LogP contribution in [0.5, 0.6) is 0 Å². The van der Waals surface area contributed by atoms with E-state index in [0.717, 1.165) is 28.0 Å². The molecule has 14 nitrogen and oxygen atoms in total. The Balaban J connectivity index is 1.29. The van der Waals surface area contributed by atoms with Crippen molar-refractivity contribution >= 4 is 39.9 Å². The molecule has 1 aromatic carbocycles. The number of amides is 6. The van der Waals surface area contributed by atoms with Gasteiger partial charge in [-0.2, -0.15) is 13.2 Å². The molecule has 0 radical (unpaired) electrons. The summed E-state index contributed by atoms with van der Waals surface area (Å²) >= 11 is 0. The van der Waals surface area contributed by atoms with Gasteiger partial charge in [-0.15, -0.1) is 6.58 Å². The zero-order chi connectivity index (χ0) is 38.5. The summed E-state index contributed by atoms with van der Waals surface area (Å²) in [6, 6.07) is 1.08. The highest BCUT2D eigenvalue weighted by Gasteiger charge is 2.62. The lowest BCUT2D eigenvalue weighted by atomic mass is 9.94. The number of hydrogen-bond donors (Lipinski definition) is 4. The van der Waals surface area contributed by atoms with Crippen LogP contribution in [-0.4, -0.2) is 95.3 Å². The minimum atomic E-state index is -4.91. The number of nitrogens with zero attached hydrogens (tertiary/aromatic N) is 2. The Kier molecular flexibility index (Phi) is 10.2. The molecular formula is C35H45F3N6O8S. The van der Waals surface area contributed by atoms with Gasteiger partial charge >= 0.3 is 18.3 Å². The molecule has 5 atom stereocenters. The highest BCUT2D eigenvalue weighted by atomic mass is 32.2. The van der Waals surface area contributed by atoms with Gasteiger partial charge in [-0.25, -0.2) is 18.0 Å². The first-order chi connectivity index (χ1) is 24.8. The van der Waals surface area contributed by atoms with Gasteiger partial charge in [0.15, 0.2) is 0 Å². The van der Waals surface area contributed by atoms with E-state index in [9.17, 15) is 45.6 Å². The van der Waals surface area contributed by atoms with Gasteiger partial charge in [0.25, 0.3) is 5.91 Å². The van der Waals surface area contributed by atoms with Crippen molar-refractivity contribution in [1.82, 2.24) is 30.5 Å². The Labute approximate surface area is 305 Å². The topological polar surface area (TPSA) is 183 Å². The third kappa shape index (κ3) is 8.57. The van der Waals surface area contributed by atoms with Crippen molar-refractivity contribution in [3.05, 3.63) is 47.5 Å². The quantitative estimate of drug-likeness (QED) is 0.306. The van der Waals surface area contributed by atoms with Crippen LogP contribution in [0.1, 0.15) is 81.9 Å². The van der Waals surface area contributed by atoms with Crippen LogP contribution in [-0.2, 0) is 48.7 Å². The first-order valence-corrected chi connectivity index (χ1v) is 19.4. The van der Waals surface area contributed by atoms with Crippen molar-refractivity contribution in [3.8, 4) is 0 Å². The summed E-state index contributed by atoms with van der Waals surface area (Å²) in [4.78, 5) is 70.3. The Morgan fingerprint density at radius 1 is 1.11 bits per heavy atom. The molecule has 0 spiro atoms. The van der Waals surface area contributed by atoms with Crippen LogP contribution in [0.2, 0.25) is 0 Å². The molecule has 3 fully saturated rings. The third-order valence-corrected chi connectivity index (χ3v) is 12.5. The number of rotatable bonds is 7. The minimum absolute atomic E-state index is 0.0148. The number of halogens is 3. The Morgan fingerprint density at radius 2 is 1.83 bits per heavy atom. The molecule has 290 valence electrons. The van der Waals surface area contributed by atoms with Gasteiger partial charge in [-0.05, 0) is 69.1 Å². The lowest BCUT2D eigenvalue weighted by Gasteiger charge is -2.31. The van der Waals surface area contributed by atoms with Crippen LogP contribution >= 0.6 is 0 Å². The maximum atomic E-state index is 14.0. The number of carbonyl (C=O) groups excluding carboxylic acids is 5. The number of fused-ring (bicyclic) bond motifs is 3. The van der Waals surface area contributed by atoms with Crippen LogP contribution in [0.15, 0.2) is 30.9 Å². The number of urea groups is 1. The average molecular weight is 767 g/mol. The molecule has 4 N–H and O–H groups in total. The smallest absolute Gasteiger partial charge is 0.410 e. The van der Waals surface area contributed by atoms with Crippen LogP contribution in [0.4, 0.5) is 22.8 Å². The standard InChI is InChI=1S/C35H45F3N6O8S/c1-4-22-15-34(22,30(47)42-53(50,51)24-11-12-24)40-28(45)27-14-23-18-44(27)29(46)26(16-35(36,37)38)39-31(48)41-33(2,3)13-6-5-8-20-9-7-10-21-17-43(19-25(20)21)32(49)52-23/h4,7,9-10,22-24,26-27H,1,5-6,8,11-19H2,2-3H3,(H,40,45)(H,42,47)(H2,39,41,48)/t22-,23-,26+,27+,34+/m1/s1. The first kappa shape index (κ1) is 38.4. The van der Waals surface area contributed by atoms with Crippen LogP contribution in [0.3, 0.4) is 0 Å². The summed E-state index contributed by atoms with van der Waals surface area (Å²) in [5.41, 5.74) is 0.386. The average Bonchev–Trinajstić information content (AvgIpc) is 3.95. The largest absolute Gasteiger partial charge is 0.444 e. The second-order valence-electron chi connectivity index (χ2n) is 15.4. The lowest BCUT2D eigenvalue weighted by molar-refractivity contribution is -0.155. The fourth-order valence-electron chi connectivity index (χ4n) is 7.54. The Morgan fingerprint density at radius 3 is 2.49 bits per heavy atom. The summed E-state index contributed by atoms with van der Waals surface area (Å²) in [6.07, 6.45) is -4.22. The van der Waals surface area contributed by atoms with Crippen molar-refractivity contribution < 1.29 is 50.3 Å². The zero-order valence-corrected chi connectivity index (χ0v) is 30.4. The van der Waals surface area contributed by atoms with Gasteiger partial charge < -0.3 is 25.6 Å². The van der Waals surface area contributed by atoms with E-state index in [-0.39, 0.29) is 25.9 Å². The molecular weight excluding hydrogens is 721 g/mol. The highest BCUT2D eigenvalue weighted by Crippen LogP contribution is 2.45. The SMILES string of the molecule is C=C[C@@H]1C[C@@]1(NC(=O)[C@@H]1C[C@@H]2CN1C(=O)[C@H](CC(F)(F)F)NC(=O)NC(C)(C)CCCCc1cccc3c1CN(C3)C(=O)O2)C(=O)NS(=O)(=O)C1CC1. The summed E-state index contributed by atoms with van der Waals surface area (Å²) in [7, 11) is -4.01. The zero-order valence-electron chi connectivity index (χ0n) is 29.6. The number of benzene rings is 1. The molecule has 6 amide bonds. The van der Waals surface area contributed by atoms with Crippen molar-refractivity contribution in [2.24, 2.45) is 5.92 Å². The minimum Gasteiger partial charge on any atom is -0.444 e. The number of aryl methyl sites for hydroxylation is 1. The third-order valence-electron chi connectivity index (χ3n) is 10.7. The van der Waals surface area contributed by atoms with Crippen LogP contribution < -0.4 is 20.7 Å². The van der Waals surface area contributed by atoms with Crippen molar-refractivity contribution in [3.63, 3.8) is 0 Å². The molecule has 1 aromatic rings. The molecule has 53 heavy (non-hydrogen) atoms. The summed E-state index contributed by atoms with van der Waals surface area (Å²) < 4.78 is 74.7. The number of alkyl halides is 3. The molecule has 3 aliphatic heterocycles. The maximum Gasteiger partial charge on any atom is 0.410 e. The normalized spacial score (nSPS) is 29.1. The Hall–Kier alpha value is -4.35. The molecule has 5 aliphatic rings. The van der Waals surface area contributed by atoms with E-state index in [1.54, 1.807) is 13.8 Å². The predicted molar refractivity (Wildman–Crippen MR) is 183 cm³/mol. The second kappa shape index (κ2) is 14.1. The fraction of sp³-hybridized carbons (Fsp3) is 0.629. The molecule has 6 rings (SSSR count). The molecule has 0 unspecified atom stereocenters. The van der Waals surface area contributed by atoms with Gasteiger partial charge in [-0.1, -0.05) is 30.7 Å². The van der Waals surface area contributed by atoms with E-state index in [1.807, 2.05) is 22.9 Å². The Bertz CT molecular complexity index is 1800. The van der Waals surface area contributed by atoms with Crippen molar-refractivity contribution in [2.45, 2.75) is 125 Å². The molecule has 18 heteroatoms. The maximum absolute atomic E-state index is 14.0. The molecule has 1 saturated heterocycles. The van der Waals surface area contributed by atoms with Gasteiger partial charge in [0, 0.05) is 31.0 Å². The fourth-order valence-corrected chi connectivity index (χ4v) is 8.91. The van der Waals surface area contributed by atoms with Crippen molar-refractivity contribution in [1.29, 1.82) is 0 Å². The van der Waals surface area contributed by atoms with E-state index in [0.29, 0.717) is 32.1 Å². The van der Waals surface area contributed by atoms with E-state index >= 15 is 0 Å². The van der Waals surface area contributed by atoms with Crippen LogP contribution in [0, 0.1) is 5.92 Å². The van der Waals surface area contributed by atoms with E-state index in [2.05, 4.69) is 22.5 Å². The van der Waals surface area contributed by atoms with Gasteiger partial charge in [0.05, 0.1) is 18.2 Å². The second-order valence-corrected chi connectivity index (χ2v) is 17.4. The molecule has 4 bridgehead atoms. The predicted octanol–water partition coefficient (Wildman–Crippen LogP) is 2.90. The summed E-state index contributed by atoms with van der Waals surface area (Å²) in [5, 5.41) is 6.64. The molecule has 2 aliphatic carbocycles. The van der Waals surface area contributed by atoms with Gasteiger partial charge in [0.1, 0.15) is 23.7 Å². The summed E-state index contributed by atoms with van der Waals surface area (Å²) in [6.45, 7) is 7.12. The number of carbonyl (C=O) groups is 5. The number of sulfonamides is 1. The van der Waals surface area contributed by atoms with E-state index in [4.69, 9.17) is 4.74 Å². The van der Waals surface area contributed by atoms with Crippen molar-refractivity contribution in [2.75, 3.05) is 6.54 Å². The lowest BCUT2D eigenvalue weighted by Crippen LogP contribution is -2.60. The number of nitrogens with one attached hydrogen (secondary N) is 4. The summed E-state index contributed by atoms with van der Waals surface area (Å²) in [5.74, 6) is -3.91. The van der Waals surface area contributed by atoms with E-state index < -0.39 is 99.4 Å². The monoisotopic (exact) mass is 766 g/mol. The van der Waals surface area contributed by atoms with Gasteiger partial charge in [-0.3, -0.25) is 24.0 Å². The number of hydrogen-bond acceptors (Lipinski definition) is 8. The first-order valence-electron chi connectivity index (χ1n) is 17.8. The van der Waals surface area contributed by atoms with Gasteiger partial charge in [0.2, 0.25) is 21.8 Å². The molecule has 0 aromatic heterocycles. The van der Waals surface area contributed by atoms with E-state index in [1.165, 1.54) is 11.0 Å². The molecule has 3 heterocycles. The number of ether oxygens (including phenoxy) is 1. The van der Waals surface area contributed by atoms with Crippen LogP contribution in [0.25, 0.3) is 0 Å².